The highest BCUT2D eigenvalue weighted by atomic mass is 32.2. The van der Waals surface area contributed by atoms with Crippen molar-refractivity contribution in [2.24, 2.45) is 0 Å². The van der Waals surface area contributed by atoms with Crippen molar-refractivity contribution in [3.63, 3.8) is 0 Å². The highest BCUT2D eigenvalue weighted by molar-refractivity contribution is 8.04. The van der Waals surface area contributed by atoms with Crippen molar-refractivity contribution in [1.29, 1.82) is 0 Å². The van der Waals surface area contributed by atoms with E-state index in [1.54, 1.807) is 30.3 Å². The molecule has 0 aromatic heterocycles. The first kappa shape index (κ1) is 18.2. The predicted molar refractivity (Wildman–Crippen MR) is 108 cm³/mol. The lowest BCUT2D eigenvalue weighted by atomic mass is 10.1. The Morgan fingerprint density at radius 2 is 1.36 bits per heavy atom. The molecule has 0 aliphatic carbocycles. The van der Waals surface area contributed by atoms with E-state index >= 15 is 0 Å². The van der Waals surface area contributed by atoms with Crippen molar-refractivity contribution in [2.75, 3.05) is 0 Å². The molecule has 4 rings (SSSR count). The number of benzene rings is 3. The van der Waals surface area contributed by atoms with Gasteiger partial charge in [-0.05, 0) is 23.8 Å². The van der Waals surface area contributed by atoms with Crippen LogP contribution in [0, 0.1) is 5.82 Å². The number of thioether (sulfide) groups is 1. The minimum absolute atomic E-state index is 0.0977. The number of amides is 2. The molecule has 2 amide bonds. The van der Waals surface area contributed by atoms with Crippen molar-refractivity contribution in [3.05, 3.63) is 107 Å². The Hall–Kier alpha value is -3.18. The Labute approximate surface area is 166 Å². The fourth-order valence-electron chi connectivity index (χ4n) is 3.05. The van der Waals surface area contributed by atoms with Gasteiger partial charge in [-0.2, -0.15) is 0 Å². The number of rotatable bonds is 5. The van der Waals surface area contributed by atoms with Gasteiger partial charge in [0.1, 0.15) is 5.82 Å². The molecule has 0 bridgehead atoms. The quantitative estimate of drug-likeness (QED) is 0.583. The summed E-state index contributed by atoms with van der Waals surface area (Å²) >= 11 is 1.26. The van der Waals surface area contributed by atoms with E-state index in [4.69, 9.17) is 0 Å². The summed E-state index contributed by atoms with van der Waals surface area (Å²) in [5.41, 5.74) is 1.34. The largest absolute Gasteiger partial charge is 0.269 e. The van der Waals surface area contributed by atoms with Gasteiger partial charge >= 0.3 is 0 Å². The van der Waals surface area contributed by atoms with Gasteiger partial charge in [0, 0.05) is 10.5 Å². The van der Waals surface area contributed by atoms with E-state index in [1.807, 2.05) is 48.5 Å². The van der Waals surface area contributed by atoms with E-state index in [2.05, 4.69) is 0 Å². The summed E-state index contributed by atoms with van der Waals surface area (Å²) in [6.45, 7) is -0.0977. The molecule has 1 aliphatic rings. The highest BCUT2D eigenvalue weighted by Crippen LogP contribution is 2.40. The normalized spacial score (nSPS) is 14.1. The van der Waals surface area contributed by atoms with Crippen molar-refractivity contribution < 1.29 is 14.0 Å². The van der Waals surface area contributed by atoms with Crippen molar-refractivity contribution in [2.45, 2.75) is 11.4 Å². The SMILES string of the molecule is O=C1C(Sc2ccccc2)=C(c2ccccc2)C(=O)N1Cc1ccccc1F. The number of nitrogens with zero attached hydrogens (tertiary/aromatic N) is 1. The van der Waals surface area contributed by atoms with Gasteiger partial charge in [-0.25, -0.2) is 4.39 Å². The van der Waals surface area contributed by atoms with Crippen LogP contribution in [0.5, 0.6) is 0 Å². The first-order valence-corrected chi connectivity index (χ1v) is 9.59. The summed E-state index contributed by atoms with van der Waals surface area (Å²) < 4.78 is 14.1. The van der Waals surface area contributed by atoms with Gasteiger partial charge in [0.15, 0.2) is 0 Å². The van der Waals surface area contributed by atoms with Crippen molar-refractivity contribution in [1.82, 2.24) is 4.90 Å². The topological polar surface area (TPSA) is 37.4 Å². The second-order valence-electron chi connectivity index (χ2n) is 6.27. The van der Waals surface area contributed by atoms with Gasteiger partial charge in [0.2, 0.25) is 0 Å². The van der Waals surface area contributed by atoms with Gasteiger partial charge in [0.05, 0.1) is 17.0 Å². The number of carbonyl (C=O) groups excluding carboxylic acids is 2. The number of imide groups is 1. The van der Waals surface area contributed by atoms with Crippen LogP contribution in [-0.2, 0) is 16.1 Å². The monoisotopic (exact) mass is 389 g/mol. The molecule has 5 heteroatoms. The summed E-state index contributed by atoms with van der Waals surface area (Å²) in [6, 6.07) is 24.7. The average molecular weight is 389 g/mol. The second-order valence-corrected chi connectivity index (χ2v) is 7.36. The Morgan fingerprint density at radius 3 is 2.04 bits per heavy atom. The van der Waals surface area contributed by atoms with E-state index in [0.717, 1.165) is 9.80 Å². The van der Waals surface area contributed by atoms with Crippen LogP contribution in [0.2, 0.25) is 0 Å². The Morgan fingerprint density at radius 1 is 0.750 bits per heavy atom. The predicted octanol–water partition coefficient (Wildman–Crippen LogP) is 4.90. The number of hydrogen-bond acceptors (Lipinski definition) is 3. The fourth-order valence-corrected chi connectivity index (χ4v) is 4.09. The molecule has 0 atom stereocenters. The van der Waals surface area contributed by atoms with Crippen LogP contribution < -0.4 is 0 Å². The molecule has 138 valence electrons. The standard InChI is InChI=1S/C23H16FNO2S/c24-19-14-8-7-11-17(19)15-25-22(26)20(16-9-3-1-4-10-16)21(23(25)27)28-18-12-5-2-6-13-18/h1-14H,15H2. The first-order chi connectivity index (χ1) is 13.6. The van der Waals surface area contributed by atoms with Crippen LogP contribution in [0.1, 0.15) is 11.1 Å². The van der Waals surface area contributed by atoms with E-state index in [0.29, 0.717) is 21.6 Å². The van der Waals surface area contributed by atoms with E-state index in [1.165, 1.54) is 17.8 Å². The third kappa shape index (κ3) is 3.49. The maximum atomic E-state index is 14.1. The minimum atomic E-state index is -0.437. The third-order valence-electron chi connectivity index (χ3n) is 4.44. The third-order valence-corrected chi connectivity index (χ3v) is 5.53. The van der Waals surface area contributed by atoms with Crippen molar-refractivity contribution >= 4 is 29.1 Å². The zero-order valence-corrected chi connectivity index (χ0v) is 15.7. The molecule has 0 saturated carbocycles. The number of hydrogen-bond donors (Lipinski definition) is 0. The number of carbonyl (C=O) groups is 2. The summed E-state index contributed by atoms with van der Waals surface area (Å²) in [4.78, 5) is 28.6. The van der Waals surface area contributed by atoms with Crippen LogP contribution >= 0.6 is 11.8 Å². The lowest BCUT2D eigenvalue weighted by Crippen LogP contribution is -2.31. The zero-order valence-electron chi connectivity index (χ0n) is 14.8. The summed E-state index contributed by atoms with van der Waals surface area (Å²) in [6.07, 6.45) is 0. The summed E-state index contributed by atoms with van der Waals surface area (Å²) in [5.74, 6) is -1.24. The Bertz CT molecular complexity index is 1060. The zero-order chi connectivity index (χ0) is 19.5. The van der Waals surface area contributed by atoms with E-state index in [9.17, 15) is 14.0 Å². The molecule has 0 spiro atoms. The van der Waals surface area contributed by atoms with Gasteiger partial charge < -0.3 is 0 Å². The molecule has 0 radical (unpaired) electrons. The lowest BCUT2D eigenvalue weighted by molar-refractivity contribution is -0.137. The van der Waals surface area contributed by atoms with E-state index < -0.39 is 17.6 Å². The van der Waals surface area contributed by atoms with Crippen LogP contribution in [-0.4, -0.2) is 16.7 Å². The summed E-state index contributed by atoms with van der Waals surface area (Å²) in [5, 5.41) is 0. The maximum Gasteiger partial charge on any atom is 0.268 e. The molecular weight excluding hydrogens is 373 g/mol. The number of halogens is 1. The lowest BCUT2D eigenvalue weighted by Gasteiger charge is -2.15. The fraction of sp³-hybridized carbons (Fsp3) is 0.0435. The van der Waals surface area contributed by atoms with Gasteiger partial charge in [-0.15, -0.1) is 0 Å². The molecule has 0 N–H and O–H groups in total. The first-order valence-electron chi connectivity index (χ1n) is 8.77. The second kappa shape index (κ2) is 7.82. The van der Waals surface area contributed by atoms with Gasteiger partial charge in [-0.3, -0.25) is 14.5 Å². The van der Waals surface area contributed by atoms with Crippen LogP contribution in [0.3, 0.4) is 0 Å². The van der Waals surface area contributed by atoms with Crippen LogP contribution in [0.4, 0.5) is 4.39 Å². The van der Waals surface area contributed by atoms with Crippen molar-refractivity contribution in [3.8, 4) is 0 Å². The smallest absolute Gasteiger partial charge is 0.268 e. The molecule has 0 fully saturated rings. The van der Waals surface area contributed by atoms with Gasteiger partial charge in [-0.1, -0.05) is 78.5 Å². The molecule has 3 aromatic rings. The van der Waals surface area contributed by atoms with Crippen LogP contribution in [0.15, 0.2) is 94.7 Å². The summed E-state index contributed by atoms with van der Waals surface area (Å²) in [7, 11) is 0. The molecule has 28 heavy (non-hydrogen) atoms. The molecule has 3 aromatic carbocycles. The molecule has 1 heterocycles. The maximum absolute atomic E-state index is 14.1. The molecular formula is C23H16FNO2S. The Kier molecular flexibility index (Phi) is 5.08. The van der Waals surface area contributed by atoms with Gasteiger partial charge in [0.25, 0.3) is 11.8 Å². The molecule has 3 nitrogen and oxygen atoms in total. The average Bonchev–Trinajstić information content (AvgIpc) is 2.95. The molecule has 1 aliphatic heterocycles. The van der Waals surface area contributed by atoms with E-state index in [-0.39, 0.29) is 6.54 Å². The van der Waals surface area contributed by atoms with Crippen LogP contribution in [0.25, 0.3) is 5.57 Å². The Balaban J connectivity index is 1.74. The molecule has 0 unspecified atom stereocenters. The molecule has 0 saturated heterocycles. The minimum Gasteiger partial charge on any atom is -0.269 e. The highest BCUT2D eigenvalue weighted by Gasteiger charge is 2.39.